The third-order valence-electron chi connectivity index (χ3n) is 4.30. The third kappa shape index (κ3) is 4.31. The fourth-order valence-electron chi connectivity index (χ4n) is 2.62. The van der Waals surface area contributed by atoms with Crippen molar-refractivity contribution in [1.82, 2.24) is 0 Å². The Morgan fingerprint density at radius 1 is 0.724 bits per heavy atom. The lowest BCUT2D eigenvalue weighted by Gasteiger charge is -2.38. The fraction of sp³-hybridized carbons (Fsp3) is 0.647. The molecule has 168 valence electrons. The van der Waals surface area contributed by atoms with Crippen molar-refractivity contribution in [3.8, 4) is 0 Å². The number of alkyl halides is 11. The minimum absolute atomic E-state index is 0.119. The maximum absolute atomic E-state index is 14.1. The predicted molar refractivity (Wildman–Crippen MR) is 80.7 cm³/mol. The summed E-state index contributed by atoms with van der Waals surface area (Å²) in [6.45, 7) is 3.19. The number of hydrogen-bond acceptors (Lipinski definition) is 1. The van der Waals surface area contributed by atoms with Gasteiger partial charge in [0.2, 0.25) is 0 Å². The second-order valence-corrected chi connectivity index (χ2v) is 6.64. The summed E-state index contributed by atoms with van der Waals surface area (Å²) in [4.78, 5) is 0. The third-order valence-corrected chi connectivity index (χ3v) is 4.30. The van der Waals surface area contributed by atoms with Gasteiger partial charge >= 0.3 is 29.9 Å². The van der Waals surface area contributed by atoms with E-state index in [-0.39, 0.29) is 11.5 Å². The van der Waals surface area contributed by atoms with Crippen molar-refractivity contribution in [3.05, 3.63) is 35.4 Å². The van der Waals surface area contributed by atoms with Crippen molar-refractivity contribution in [2.75, 3.05) is 7.11 Å². The molecule has 1 atom stereocenters. The van der Waals surface area contributed by atoms with E-state index < -0.39 is 42.4 Å². The number of ether oxygens (including phenoxy) is 1. The van der Waals surface area contributed by atoms with Gasteiger partial charge < -0.3 is 4.74 Å². The van der Waals surface area contributed by atoms with Crippen molar-refractivity contribution >= 4 is 0 Å². The first-order valence-corrected chi connectivity index (χ1v) is 8.04. The molecule has 0 N–H and O–H groups in total. The second-order valence-electron chi connectivity index (χ2n) is 6.64. The van der Waals surface area contributed by atoms with Gasteiger partial charge in [-0.3, -0.25) is 0 Å². The van der Waals surface area contributed by atoms with Crippen LogP contribution in [0.4, 0.5) is 48.3 Å². The average Bonchev–Trinajstić information content (AvgIpc) is 2.58. The Balaban J connectivity index is 3.39. The van der Waals surface area contributed by atoms with E-state index >= 15 is 0 Å². The Hall–Kier alpha value is -1.59. The van der Waals surface area contributed by atoms with Gasteiger partial charge in [0.1, 0.15) is 0 Å². The van der Waals surface area contributed by atoms with Crippen LogP contribution in [-0.4, -0.2) is 37.0 Å². The molecule has 1 aromatic rings. The standard InChI is InChI=1S/C17H17F11O/c1-9(2)10-6-4-5-7-11(10)12(29-3)8-13(18,19)14(20,21)15(22,23)16(24,25)17(26,27)28/h4-7,9,12H,8H2,1-3H3. The molecule has 0 saturated heterocycles. The maximum Gasteiger partial charge on any atom is 0.460 e. The molecule has 1 rings (SSSR count). The van der Waals surface area contributed by atoms with Gasteiger partial charge in [0, 0.05) is 13.5 Å². The van der Waals surface area contributed by atoms with Crippen LogP contribution in [0.1, 0.15) is 43.4 Å². The molecule has 0 aliphatic heterocycles. The Bertz CT molecular complexity index is 695. The molecule has 0 fully saturated rings. The van der Waals surface area contributed by atoms with Crippen molar-refractivity contribution in [3.63, 3.8) is 0 Å². The van der Waals surface area contributed by atoms with E-state index in [2.05, 4.69) is 4.74 Å². The molecule has 0 radical (unpaired) electrons. The highest BCUT2D eigenvalue weighted by Crippen LogP contribution is 2.58. The highest BCUT2D eigenvalue weighted by atomic mass is 19.4. The van der Waals surface area contributed by atoms with Gasteiger partial charge in [0.15, 0.2) is 0 Å². The lowest BCUT2D eigenvalue weighted by Crippen LogP contribution is -2.66. The summed E-state index contributed by atoms with van der Waals surface area (Å²) in [7, 11) is 0.776. The zero-order valence-electron chi connectivity index (χ0n) is 15.2. The molecule has 1 nitrogen and oxygen atoms in total. The van der Waals surface area contributed by atoms with E-state index in [1.165, 1.54) is 24.3 Å². The number of halogens is 11. The van der Waals surface area contributed by atoms with Crippen LogP contribution < -0.4 is 0 Å². The van der Waals surface area contributed by atoms with Gasteiger partial charge in [-0.2, -0.15) is 48.3 Å². The van der Waals surface area contributed by atoms with Crippen molar-refractivity contribution in [2.45, 2.75) is 62.2 Å². The minimum Gasteiger partial charge on any atom is -0.377 e. The summed E-state index contributed by atoms with van der Waals surface area (Å²) in [6, 6.07) is 5.35. The number of rotatable bonds is 8. The fourth-order valence-corrected chi connectivity index (χ4v) is 2.62. The van der Waals surface area contributed by atoms with E-state index in [9.17, 15) is 48.3 Å². The largest absolute Gasteiger partial charge is 0.460 e. The summed E-state index contributed by atoms with van der Waals surface area (Å²) in [5.74, 6) is -28.2. The smallest absolute Gasteiger partial charge is 0.377 e. The molecule has 0 saturated carbocycles. The summed E-state index contributed by atoms with van der Waals surface area (Å²) in [5.41, 5.74) is 0.192. The second kappa shape index (κ2) is 7.92. The molecule has 0 bridgehead atoms. The molecule has 0 spiro atoms. The molecule has 0 heterocycles. The van der Waals surface area contributed by atoms with Gasteiger partial charge in [0.25, 0.3) is 0 Å². The Morgan fingerprint density at radius 2 is 1.17 bits per heavy atom. The van der Waals surface area contributed by atoms with Crippen molar-refractivity contribution in [1.29, 1.82) is 0 Å². The van der Waals surface area contributed by atoms with Crippen LogP contribution in [0.2, 0.25) is 0 Å². The molecular formula is C17H17F11O. The van der Waals surface area contributed by atoms with Crippen LogP contribution in [0, 0.1) is 0 Å². The SMILES string of the molecule is COC(CC(F)(F)C(F)(F)C(F)(F)C(F)(F)C(F)(F)F)c1ccccc1C(C)C. The Morgan fingerprint density at radius 3 is 1.55 bits per heavy atom. The zero-order chi connectivity index (χ0) is 23.1. The van der Waals surface area contributed by atoms with Crippen molar-refractivity contribution < 1.29 is 53.0 Å². The van der Waals surface area contributed by atoms with Crippen LogP contribution in [0.15, 0.2) is 24.3 Å². The minimum atomic E-state index is -7.42. The van der Waals surface area contributed by atoms with E-state index in [0.29, 0.717) is 5.56 Å². The quantitative estimate of drug-likeness (QED) is 0.391. The van der Waals surface area contributed by atoms with Crippen LogP contribution in [0.25, 0.3) is 0 Å². The molecule has 29 heavy (non-hydrogen) atoms. The Kier molecular flexibility index (Phi) is 6.95. The van der Waals surface area contributed by atoms with E-state index in [1.807, 2.05) is 0 Å². The first kappa shape index (κ1) is 25.4. The highest BCUT2D eigenvalue weighted by molar-refractivity contribution is 5.32. The topological polar surface area (TPSA) is 9.23 Å². The van der Waals surface area contributed by atoms with Gasteiger partial charge in [-0.25, -0.2) is 0 Å². The molecule has 1 aromatic carbocycles. The molecule has 0 amide bonds. The molecular weight excluding hydrogens is 429 g/mol. The first-order valence-electron chi connectivity index (χ1n) is 8.04. The molecule has 0 aliphatic carbocycles. The maximum atomic E-state index is 14.1. The Labute approximate surface area is 158 Å². The number of methoxy groups -OCH3 is 1. The zero-order valence-corrected chi connectivity index (χ0v) is 15.2. The number of benzene rings is 1. The van der Waals surface area contributed by atoms with Crippen LogP contribution in [0.5, 0.6) is 0 Å². The highest BCUT2D eigenvalue weighted by Gasteiger charge is 2.87. The lowest BCUT2D eigenvalue weighted by atomic mass is 9.88. The van der Waals surface area contributed by atoms with Crippen molar-refractivity contribution in [2.24, 2.45) is 0 Å². The summed E-state index contributed by atoms with van der Waals surface area (Å²) < 4.78 is 149. The van der Waals surface area contributed by atoms with Gasteiger partial charge in [-0.05, 0) is 17.0 Å². The average molecular weight is 446 g/mol. The van der Waals surface area contributed by atoms with E-state index in [4.69, 9.17) is 0 Å². The molecule has 12 heteroatoms. The van der Waals surface area contributed by atoms with E-state index in [1.54, 1.807) is 13.8 Å². The molecule has 0 aromatic heterocycles. The summed E-state index contributed by atoms with van der Waals surface area (Å²) >= 11 is 0. The first-order chi connectivity index (χ1) is 12.8. The molecule has 1 unspecified atom stereocenters. The van der Waals surface area contributed by atoms with E-state index in [0.717, 1.165) is 7.11 Å². The van der Waals surface area contributed by atoms with Crippen LogP contribution >= 0.6 is 0 Å². The summed E-state index contributed by atoms with van der Waals surface area (Å²) in [6.07, 6.45) is -11.4. The monoisotopic (exact) mass is 446 g/mol. The predicted octanol–water partition coefficient (Wildman–Crippen LogP) is 6.99. The molecule has 0 aliphatic rings. The number of hydrogen-bond donors (Lipinski definition) is 0. The van der Waals surface area contributed by atoms with Crippen LogP contribution in [0.3, 0.4) is 0 Å². The van der Waals surface area contributed by atoms with Gasteiger partial charge in [-0.15, -0.1) is 0 Å². The van der Waals surface area contributed by atoms with Gasteiger partial charge in [0.05, 0.1) is 6.10 Å². The summed E-state index contributed by atoms with van der Waals surface area (Å²) in [5, 5.41) is 0. The normalized spacial score (nSPS) is 15.7. The van der Waals surface area contributed by atoms with Crippen LogP contribution in [-0.2, 0) is 4.74 Å². The van der Waals surface area contributed by atoms with Gasteiger partial charge in [-0.1, -0.05) is 38.1 Å². The lowest BCUT2D eigenvalue weighted by molar-refractivity contribution is -0.423.